The highest BCUT2D eigenvalue weighted by Crippen LogP contribution is 2.31. The molecule has 3 heterocycles. The average Bonchev–Trinajstić information content (AvgIpc) is 3.44. The largest absolute Gasteiger partial charge is 0.382 e. The van der Waals surface area contributed by atoms with Gasteiger partial charge in [0.05, 0.1) is 39.9 Å². The van der Waals surface area contributed by atoms with Crippen molar-refractivity contribution >= 4 is 23.0 Å². The van der Waals surface area contributed by atoms with Crippen molar-refractivity contribution < 1.29 is 9.59 Å². The van der Waals surface area contributed by atoms with E-state index in [2.05, 4.69) is 32.1 Å². The van der Waals surface area contributed by atoms with Crippen LogP contribution in [0.25, 0.3) is 16.9 Å². The molecule has 0 radical (unpaired) electrons. The van der Waals surface area contributed by atoms with Crippen LogP contribution in [0.15, 0.2) is 36.7 Å². The lowest BCUT2D eigenvalue weighted by Crippen LogP contribution is -2.27. The van der Waals surface area contributed by atoms with Gasteiger partial charge in [0, 0.05) is 32.3 Å². The molecule has 1 aliphatic carbocycles. The smallest absolute Gasteiger partial charge is 0.254 e. The van der Waals surface area contributed by atoms with Gasteiger partial charge in [-0.2, -0.15) is 10.4 Å². The number of aromatic nitrogens is 3. The Kier molecular flexibility index (Phi) is 5.54. The van der Waals surface area contributed by atoms with Crippen molar-refractivity contribution in [3.05, 3.63) is 47.8 Å². The van der Waals surface area contributed by atoms with Gasteiger partial charge in [0.1, 0.15) is 6.07 Å². The summed E-state index contributed by atoms with van der Waals surface area (Å²) < 4.78 is 1.71. The minimum Gasteiger partial charge on any atom is -0.382 e. The summed E-state index contributed by atoms with van der Waals surface area (Å²) in [6.07, 6.45) is 5.41. The van der Waals surface area contributed by atoms with Gasteiger partial charge in [0.2, 0.25) is 5.91 Å². The molecule has 9 heteroatoms. The highest BCUT2D eigenvalue weighted by molar-refractivity contribution is 5.99. The first-order valence-corrected chi connectivity index (χ1v) is 10.1. The molecule has 0 spiro atoms. The summed E-state index contributed by atoms with van der Waals surface area (Å²) >= 11 is 0. The predicted octanol–water partition coefficient (Wildman–Crippen LogP) is 1.95. The van der Waals surface area contributed by atoms with Crippen molar-refractivity contribution in [2.45, 2.75) is 25.3 Å². The number of amides is 2. The first-order valence-electron chi connectivity index (χ1n) is 10.1. The maximum Gasteiger partial charge on any atom is 0.254 e. The van der Waals surface area contributed by atoms with Gasteiger partial charge in [0.15, 0.2) is 0 Å². The Morgan fingerprint density at radius 2 is 2.00 bits per heavy atom. The molecule has 0 saturated heterocycles. The summed E-state index contributed by atoms with van der Waals surface area (Å²) in [7, 11) is 3.23. The number of nitrogens with one attached hydrogen (secondary N) is 3. The van der Waals surface area contributed by atoms with E-state index in [0.717, 1.165) is 24.1 Å². The number of pyridine rings is 1. The number of rotatable bonds is 5. The zero-order valence-corrected chi connectivity index (χ0v) is 17.3. The van der Waals surface area contributed by atoms with Crippen LogP contribution in [0.4, 0.5) is 5.69 Å². The topological polar surface area (TPSA) is 124 Å². The van der Waals surface area contributed by atoms with Crippen LogP contribution in [-0.4, -0.2) is 46.5 Å². The standard InChI is InChI=1S/C22H23N7O2/c1-24-21(30)14-3-4-15(8-14)28-18-9-19(26-12-17(18)22(31)25-2)20-6-5-16-7-13(10-23)11-27-29(16)20/h5-7,9,11-12,14-15H,3-4,8H2,1-2H3,(H,24,30)(H,25,31)(H,26,28)/t14-,15-/m1/s1. The normalized spacial score (nSPS) is 17.8. The third kappa shape index (κ3) is 3.92. The van der Waals surface area contributed by atoms with Crippen LogP contribution in [0.5, 0.6) is 0 Å². The van der Waals surface area contributed by atoms with Crippen LogP contribution in [0.2, 0.25) is 0 Å². The number of carbonyl (C=O) groups excluding carboxylic acids is 2. The van der Waals surface area contributed by atoms with E-state index in [4.69, 9.17) is 5.26 Å². The number of hydrogen-bond donors (Lipinski definition) is 3. The molecule has 3 aromatic heterocycles. The third-order valence-electron chi connectivity index (χ3n) is 5.68. The summed E-state index contributed by atoms with van der Waals surface area (Å²) in [6, 6.07) is 9.51. The number of anilines is 1. The summed E-state index contributed by atoms with van der Waals surface area (Å²) in [5.74, 6) is -0.215. The van der Waals surface area contributed by atoms with Crippen LogP contribution >= 0.6 is 0 Å². The second-order valence-electron chi connectivity index (χ2n) is 7.57. The quantitative estimate of drug-likeness (QED) is 0.583. The molecule has 3 N–H and O–H groups in total. The molecule has 0 unspecified atom stereocenters. The summed E-state index contributed by atoms with van der Waals surface area (Å²) in [6.45, 7) is 0. The second-order valence-corrected chi connectivity index (χ2v) is 7.57. The lowest BCUT2D eigenvalue weighted by atomic mass is 10.1. The van der Waals surface area contributed by atoms with Gasteiger partial charge >= 0.3 is 0 Å². The monoisotopic (exact) mass is 417 g/mol. The first kappa shape index (κ1) is 20.3. The van der Waals surface area contributed by atoms with Crippen LogP contribution in [0.1, 0.15) is 35.2 Å². The van der Waals surface area contributed by atoms with E-state index in [-0.39, 0.29) is 23.8 Å². The van der Waals surface area contributed by atoms with Gasteiger partial charge < -0.3 is 16.0 Å². The molecule has 31 heavy (non-hydrogen) atoms. The van der Waals surface area contributed by atoms with Crippen molar-refractivity contribution in [1.82, 2.24) is 25.2 Å². The van der Waals surface area contributed by atoms with Gasteiger partial charge in [-0.05, 0) is 43.5 Å². The van der Waals surface area contributed by atoms with Crippen molar-refractivity contribution in [2.24, 2.45) is 5.92 Å². The Hall–Kier alpha value is -3.93. The van der Waals surface area contributed by atoms with E-state index in [1.54, 1.807) is 30.9 Å². The minimum absolute atomic E-state index is 0.0274. The van der Waals surface area contributed by atoms with Crippen molar-refractivity contribution in [2.75, 3.05) is 19.4 Å². The van der Waals surface area contributed by atoms with E-state index in [0.29, 0.717) is 28.9 Å². The predicted molar refractivity (Wildman–Crippen MR) is 115 cm³/mol. The van der Waals surface area contributed by atoms with Crippen molar-refractivity contribution in [1.29, 1.82) is 5.26 Å². The summed E-state index contributed by atoms with van der Waals surface area (Å²) in [5, 5.41) is 22.2. The fraction of sp³-hybridized carbons (Fsp3) is 0.318. The highest BCUT2D eigenvalue weighted by atomic mass is 16.2. The molecule has 0 aromatic carbocycles. The molecule has 4 rings (SSSR count). The molecule has 2 amide bonds. The zero-order valence-electron chi connectivity index (χ0n) is 17.3. The Morgan fingerprint density at radius 1 is 1.16 bits per heavy atom. The van der Waals surface area contributed by atoms with E-state index < -0.39 is 0 Å². The Labute approximate surface area is 179 Å². The molecule has 9 nitrogen and oxygen atoms in total. The maximum absolute atomic E-state index is 12.4. The van der Waals surface area contributed by atoms with Gasteiger partial charge in [-0.15, -0.1) is 0 Å². The molecule has 0 bridgehead atoms. The van der Waals surface area contributed by atoms with Gasteiger partial charge in [-0.3, -0.25) is 14.6 Å². The number of nitrogens with zero attached hydrogens (tertiary/aromatic N) is 4. The molecule has 2 atom stereocenters. The van der Waals surface area contributed by atoms with E-state index in [1.807, 2.05) is 18.2 Å². The zero-order chi connectivity index (χ0) is 22.0. The lowest BCUT2D eigenvalue weighted by Gasteiger charge is -2.18. The molecular weight excluding hydrogens is 394 g/mol. The molecule has 158 valence electrons. The van der Waals surface area contributed by atoms with Crippen LogP contribution in [0.3, 0.4) is 0 Å². The molecule has 1 aliphatic rings. The fourth-order valence-electron chi connectivity index (χ4n) is 4.06. The second kappa shape index (κ2) is 8.44. The fourth-order valence-corrected chi connectivity index (χ4v) is 4.06. The minimum atomic E-state index is -0.237. The van der Waals surface area contributed by atoms with E-state index in [1.165, 1.54) is 6.20 Å². The summed E-state index contributed by atoms with van der Waals surface area (Å²) in [4.78, 5) is 28.9. The van der Waals surface area contributed by atoms with Crippen molar-refractivity contribution in [3.63, 3.8) is 0 Å². The number of fused-ring (bicyclic) bond motifs is 1. The first-order chi connectivity index (χ1) is 15.0. The van der Waals surface area contributed by atoms with Gasteiger partial charge in [0.25, 0.3) is 5.91 Å². The number of carbonyl (C=O) groups is 2. The average molecular weight is 417 g/mol. The lowest BCUT2D eigenvalue weighted by molar-refractivity contribution is -0.124. The highest BCUT2D eigenvalue weighted by Gasteiger charge is 2.30. The molecule has 1 saturated carbocycles. The SMILES string of the molecule is CNC(=O)c1cnc(-c2ccc3cc(C#N)cnn23)cc1N[C@@H]1CC[C@@H](C(=O)NC)C1. The van der Waals surface area contributed by atoms with Crippen LogP contribution < -0.4 is 16.0 Å². The molecule has 1 fully saturated rings. The van der Waals surface area contributed by atoms with Gasteiger partial charge in [-0.25, -0.2) is 4.52 Å². The van der Waals surface area contributed by atoms with Crippen molar-refractivity contribution in [3.8, 4) is 17.5 Å². The molecule has 3 aromatic rings. The van der Waals surface area contributed by atoms with Crippen LogP contribution in [0, 0.1) is 17.2 Å². The Balaban J connectivity index is 1.68. The number of hydrogen-bond acceptors (Lipinski definition) is 6. The van der Waals surface area contributed by atoms with E-state index in [9.17, 15) is 9.59 Å². The van der Waals surface area contributed by atoms with Gasteiger partial charge in [-0.1, -0.05) is 0 Å². The molecular formula is C22H23N7O2. The molecule has 0 aliphatic heterocycles. The Bertz CT molecular complexity index is 1190. The Morgan fingerprint density at radius 3 is 2.74 bits per heavy atom. The maximum atomic E-state index is 12.4. The van der Waals surface area contributed by atoms with E-state index >= 15 is 0 Å². The van der Waals surface area contributed by atoms with Crippen LogP contribution in [-0.2, 0) is 4.79 Å². The summed E-state index contributed by atoms with van der Waals surface area (Å²) in [5.41, 5.74) is 3.76. The third-order valence-corrected chi connectivity index (χ3v) is 5.68. The number of nitriles is 1.